The second kappa shape index (κ2) is 10.5. The molecule has 1 aliphatic rings. The standard InChI is InChI=1S/C48H28N2OS/c1-3-13-39-34(9-1)37-28-31(33-11-8-18-46-47(33)36-10-2-6-17-45(36)52-46)22-26-40(37)49(39)32-23-19-29(20-24-32)30-21-25-41-38(27-30)35-12-7-16-44-48(35)50(41)42-14-4-5-15-43(42)51-44/h1-28H. The second-order valence-electron chi connectivity index (χ2n) is 13.7. The Morgan fingerprint density at radius 3 is 1.96 bits per heavy atom. The lowest BCUT2D eigenvalue weighted by molar-refractivity contribution is 0.476. The minimum absolute atomic E-state index is 0.884. The van der Waals surface area contributed by atoms with E-state index in [-0.39, 0.29) is 0 Å². The zero-order valence-electron chi connectivity index (χ0n) is 27.9. The number of nitrogens with zero attached hydrogens (tertiary/aromatic N) is 2. The van der Waals surface area contributed by atoms with Crippen molar-refractivity contribution in [2.45, 2.75) is 0 Å². The summed E-state index contributed by atoms with van der Waals surface area (Å²) >= 11 is 1.87. The van der Waals surface area contributed by atoms with Crippen molar-refractivity contribution in [3.05, 3.63) is 170 Å². The molecule has 0 N–H and O–H groups in total. The molecule has 0 spiro atoms. The van der Waals surface area contributed by atoms with Crippen LogP contribution in [0.2, 0.25) is 0 Å². The van der Waals surface area contributed by atoms with Crippen LogP contribution in [0, 0.1) is 0 Å². The summed E-state index contributed by atoms with van der Waals surface area (Å²) < 4.78 is 13.8. The molecule has 0 radical (unpaired) electrons. The van der Waals surface area contributed by atoms with Crippen LogP contribution in [-0.4, -0.2) is 9.13 Å². The number of benzene rings is 8. The highest BCUT2D eigenvalue weighted by molar-refractivity contribution is 7.25. The number of fused-ring (bicyclic) bond motifs is 11. The highest BCUT2D eigenvalue weighted by Gasteiger charge is 2.23. The highest BCUT2D eigenvalue weighted by Crippen LogP contribution is 2.46. The van der Waals surface area contributed by atoms with Crippen LogP contribution in [0.1, 0.15) is 0 Å². The maximum atomic E-state index is 6.34. The molecule has 1 aliphatic heterocycles. The Hall–Kier alpha value is -6.62. The van der Waals surface area contributed by atoms with Crippen LogP contribution in [0.3, 0.4) is 0 Å². The zero-order chi connectivity index (χ0) is 33.9. The molecule has 52 heavy (non-hydrogen) atoms. The average Bonchev–Trinajstić information content (AvgIpc) is 3.86. The number of para-hydroxylation sites is 4. The Morgan fingerprint density at radius 1 is 0.404 bits per heavy atom. The number of aromatic nitrogens is 2. The van der Waals surface area contributed by atoms with Crippen molar-refractivity contribution in [2.75, 3.05) is 0 Å². The lowest BCUT2D eigenvalue weighted by Gasteiger charge is -2.20. The van der Waals surface area contributed by atoms with E-state index in [0.717, 1.165) is 28.4 Å². The van der Waals surface area contributed by atoms with E-state index in [1.807, 2.05) is 23.5 Å². The summed E-state index contributed by atoms with van der Waals surface area (Å²) in [4.78, 5) is 0. The SMILES string of the molecule is c1ccc2c(c1)Oc1cccc3c4cc(-c5ccc(-n6c7ccccc7c7cc(-c8cccc9sc%10ccccc%10c89)ccc76)cc5)ccc4n-2c13. The van der Waals surface area contributed by atoms with Crippen molar-refractivity contribution < 1.29 is 4.74 Å². The predicted octanol–water partition coefficient (Wildman–Crippen LogP) is 13.7. The van der Waals surface area contributed by atoms with Crippen LogP contribution in [0.4, 0.5) is 0 Å². The van der Waals surface area contributed by atoms with Crippen LogP contribution in [0.25, 0.3) is 97.4 Å². The third-order valence-electron chi connectivity index (χ3n) is 10.9. The number of thiophene rings is 1. The summed E-state index contributed by atoms with van der Waals surface area (Å²) in [6.07, 6.45) is 0. The molecule has 11 aromatic rings. The molecule has 8 aromatic carbocycles. The van der Waals surface area contributed by atoms with Gasteiger partial charge in [-0.05, 0) is 95.1 Å². The first-order valence-electron chi connectivity index (χ1n) is 17.7. The van der Waals surface area contributed by atoms with Gasteiger partial charge in [0.25, 0.3) is 0 Å². The van der Waals surface area contributed by atoms with Crippen LogP contribution in [-0.2, 0) is 0 Å². The zero-order valence-corrected chi connectivity index (χ0v) is 28.7. The van der Waals surface area contributed by atoms with Crippen molar-refractivity contribution in [2.24, 2.45) is 0 Å². The Morgan fingerprint density at radius 2 is 1.04 bits per heavy atom. The van der Waals surface area contributed by atoms with Gasteiger partial charge < -0.3 is 13.9 Å². The van der Waals surface area contributed by atoms with Gasteiger partial charge in [-0.25, -0.2) is 0 Å². The van der Waals surface area contributed by atoms with Gasteiger partial charge in [0.15, 0.2) is 11.5 Å². The summed E-state index contributed by atoms with van der Waals surface area (Å²) in [5, 5.41) is 7.62. The van der Waals surface area contributed by atoms with E-state index in [4.69, 9.17) is 4.74 Å². The molecule has 0 fully saturated rings. The number of hydrogen-bond donors (Lipinski definition) is 0. The summed E-state index contributed by atoms with van der Waals surface area (Å²) in [5.74, 6) is 1.78. The van der Waals surface area contributed by atoms with Crippen molar-refractivity contribution in [1.82, 2.24) is 9.13 Å². The van der Waals surface area contributed by atoms with Crippen molar-refractivity contribution in [3.8, 4) is 45.1 Å². The fourth-order valence-corrected chi connectivity index (χ4v) is 9.77. The van der Waals surface area contributed by atoms with Crippen molar-refractivity contribution >= 4 is 75.1 Å². The average molecular weight is 681 g/mol. The molecule has 0 bridgehead atoms. The molecular formula is C48H28N2OS. The number of rotatable bonds is 3. The molecule has 0 saturated carbocycles. The minimum atomic E-state index is 0.884. The highest BCUT2D eigenvalue weighted by atomic mass is 32.1. The predicted molar refractivity (Wildman–Crippen MR) is 219 cm³/mol. The largest absolute Gasteiger partial charge is 0.453 e. The molecule has 12 rings (SSSR count). The van der Waals surface area contributed by atoms with Gasteiger partial charge in [-0.3, -0.25) is 0 Å². The molecule has 242 valence electrons. The normalized spacial score (nSPS) is 12.4. The van der Waals surface area contributed by atoms with E-state index in [1.165, 1.54) is 80.5 Å². The van der Waals surface area contributed by atoms with Gasteiger partial charge in [-0.2, -0.15) is 0 Å². The van der Waals surface area contributed by atoms with Crippen molar-refractivity contribution in [3.63, 3.8) is 0 Å². The fourth-order valence-electron chi connectivity index (χ4n) is 8.63. The molecule has 3 nitrogen and oxygen atoms in total. The van der Waals surface area contributed by atoms with Gasteiger partial charge in [0.05, 0.1) is 27.8 Å². The molecule has 0 unspecified atom stereocenters. The van der Waals surface area contributed by atoms with Gasteiger partial charge in [-0.1, -0.05) is 97.1 Å². The van der Waals surface area contributed by atoms with Crippen molar-refractivity contribution in [1.29, 1.82) is 0 Å². The number of hydrogen-bond acceptors (Lipinski definition) is 2. The molecule has 0 atom stereocenters. The smallest absolute Gasteiger partial charge is 0.152 e. The van der Waals surface area contributed by atoms with Gasteiger partial charge in [0, 0.05) is 47.4 Å². The summed E-state index contributed by atoms with van der Waals surface area (Å²) in [6.45, 7) is 0. The van der Waals surface area contributed by atoms with Crippen LogP contribution in [0.5, 0.6) is 11.5 Å². The molecule has 3 aromatic heterocycles. The first-order valence-corrected chi connectivity index (χ1v) is 18.5. The topological polar surface area (TPSA) is 19.1 Å². The third-order valence-corrected chi connectivity index (χ3v) is 12.1. The van der Waals surface area contributed by atoms with Gasteiger partial charge >= 0.3 is 0 Å². The van der Waals surface area contributed by atoms with E-state index in [9.17, 15) is 0 Å². The maximum Gasteiger partial charge on any atom is 0.152 e. The Labute approximate surface area is 302 Å². The molecule has 0 saturated heterocycles. The van der Waals surface area contributed by atoms with E-state index in [2.05, 4.69) is 167 Å². The third kappa shape index (κ3) is 3.84. The van der Waals surface area contributed by atoms with E-state index in [1.54, 1.807) is 0 Å². The Balaban J connectivity index is 0.982. The first kappa shape index (κ1) is 28.1. The molecular weight excluding hydrogens is 653 g/mol. The quantitative estimate of drug-likeness (QED) is 0.182. The molecule has 0 amide bonds. The summed E-state index contributed by atoms with van der Waals surface area (Å²) in [6, 6.07) is 61.8. The lowest BCUT2D eigenvalue weighted by Crippen LogP contribution is -2.03. The van der Waals surface area contributed by atoms with Gasteiger partial charge in [-0.15, -0.1) is 11.3 Å². The lowest BCUT2D eigenvalue weighted by atomic mass is 9.98. The van der Waals surface area contributed by atoms with Crippen LogP contribution >= 0.6 is 11.3 Å². The van der Waals surface area contributed by atoms with Crippen LogP contribution < -0.4 is 4.74 Å². The summed E-state index contributed by atoms with van der Waals surface area (Å²) in [5.41, 5.74) is 11.9. The molecule has 0 aliphatic carbocycles. The molecule has 4 heteroatoms. The van der Waals surface area contributed by atoms with Gasteiger partial charge in [0.1, 0.15) is 0 Å². The molecule has 4 heterocycles. The van der Waals surface area contributed by atoms with E-state index >= 15 is 0 Å². The van der Waals surface area contributed by atoms with Gasteiger partial charge in [0.2, 0.25) is 0 Å². The Bertz CT molecular complexity index is 3270. The number of ether oxygens (including phenoxy) is 1. The fraction of sp³-hybridized carbons (Fsp3) is 0. The van der Waals surface area contributed by atoms with E-state index < -0.39 is 0 Å². The Kier molecular flexibility index (Phi) is 5.65. The maximum absolute atomic E-state index is 6.34. The second-order valence-corrected chi connectivity index (χ2v) is 14.8. The first-order chi connectivity index (χ1) is 25.8. The monoisotopic (exact) mass is 680 g/mol. The van der Waals surface area contributed by atoms with Crippen LogP contribution in [0.15, 0.2) is 170 Å². The summed E-state index contributed by atoms with van der Waals surface area (Å²) in [7, 11) is 0. The van der Waals surface area contributed by atoms with E-state index in [0.29, 0.717) is 0 Å². The minimum Gasteiger partial charge on any atom is -0.453 e.